The zero-order chi connectivity index (χ0) is 12.3. The van der Waals surface area contributed by atoms with Crippen molar-refractivity contribution in [1.82, 2.24) is 15.5 Å². The molecule has 2 heterocycles. The van der Waals surface area contributed by atoms with Gasteiger partial charge < -0.3 is 5.32 Å². The van der Waals surface area contributed by atoms with Crippen LogP contribution in [-0.4, -0.2) is 22.6 Å². The van der Waals surface area contributed by atoms with E-state index in [4.69, 9.17) is 0 Å². The SMILES string of the molecule is Cc1csc(C(=O)NCCc2ccn[nH]2)c1Br. The number of rotatable bonds is 4. The molecule has 0 saturated carbocycles. The highest BCUT2D eigenvalue weighted by Gasteiger charge is 2.13. The summed E-state index contributed by atoms with van der Waals surface area (Å²) < 4.78 is 0.890. The first-order valence-corrected chi connectivity index (χ1v) is 6.86. The summed E-state index contributed by atoms with van der Waals surface area (Å²) >= 11 is 4.87. The molecular formula is C11H12BrN3OS. The molecule has 17 heavy (non-hydrogen) atoms. The molecule has 2 N–H and O–H groups in total. The highest BCUT2D eigenvalue weighted by molar-refractivity contribution is 9.10. The molecule has 0 aromatic carbocycles. The van der Waals surface area contributed by atoms with Crippen molar-refractivity contribution in [2.75, 3.05) is 6.54 Å². The van der Waals surface area contributed by atoms with Crippen LogP contribution in [0.3, 0.4) is 0 Å². The Labute approximate surface area is 112 Å². The van der Waals surface area contributed by atoms with Gasteiger partial charge in [-0.1, -0.05) is 0 Å². The number of nitrogens with one attached hydrogen (secondary N) is 2. The monoisotopic (exact) mass is 313 g/mol. The van der Waals surface area contributed by atoms with E-state index in [1.54, 1.807) is 6.20 Å². The summed E-state index contributed by atoms with van der Waals surface area (Å²) in [5.41, 5.74) is 2.11. The third kappa shape index (κ3) is 2.95. The molecule has 0 spiro atoms. The lowest BCUT2D eigenvalue weighted by Crippen LogP contribution is -2.25. The molecule has 4 nitrogen and oxygen atoms in total. The first-order valence-electron chi connectivity index (χ1n) is 5.18. The Morgan fingerprint density at radius 2 is 2.47 bits per heavy atom. The molecule has 2 aromatic rings. The Hall–Kier alpha value is -1.14. The Morgan fingerprint density at radius 3 is 3.06 bits per heavy atom. The summed E-state index contributed by atoms with van der Waals surface area (Å²) in [6, 6.07) is 1.90. The van der Waals surface area contributed by atoms with Crippen LogP contribution in [0.4, 0.5) is 0 Å². The maximum atomic E-state index is 11.9. The summed E-state index contributed by atoms with van der Waals surface area (Å²) in [7, 11) is 0. The van der Waals surface area contributed by atoms with Crippen LogP contribution in [0.2, 0.25) is 0 Å². The molecule has 2 rings (SSSR count). The number of aryl methyl sites for hydroxylation is 1. The number of carbonyl (C=O) groups is 1. The largest absolute Gasteiger partial charge is 0.351 e. The fourth-order valence-electron chi connectivity index (χ4n) is 1.40. The number of hydrogen-bond donors (Lipinski definition) is 2. The Kier molecular flexibility index (Phi) is 3.96. The van der Waals surface area contributed by atoms with Crippen LogP contribution >= 0.6 is 27.3 Å². The van der Waals surface area contributed by atoms with Crippen LogP contribution in [0.1, 0.15) is 20.9 Å². The molecule has 0 bridgehead atoms. The van der Waals surface area contributed by atoms with Gasteiger partial charge in [0.25, 0.3) is 5.91 Å². The van der Waals surface area contributed by atoms with E-state index in [2.05, 4.69) is 31.4 Å². The van der Waals surface area contributed by atoms with E-state index < -0.39 is 0 Å². The minimum atomic E-state index is -0.0329. The molecule has 0 fully saturated rings. The minimum absolute atomic E-state index is 0.0329. The van der Waals surface area contributed by atoms with E-state index in [1.807, 2.05) is 18.4 Å². The van der Waals surface area contributed by atoms with Crippen molar-refractivity contribution in [2.45, 2.75) is 13.3 Å². The van der Waals surface area contributed by atoms with Crippen molar-refractivity contribution < 1.29 is 4.79 Å². The van der Waals surface area contributed by atoms with E-state index >= 15 is 0 Å². The number of H-pyrrole nitrogens is 1. The summed E-state index contributed by atoms with van der Waals surface area (Å²) in [6.45, 7) is 2.58. The maximum absolute atomic E-state index is 11.9. The van der Waals surface area contributed by atoms with E-state index in [0.29, 0.717) is 6.54 Å². The van der Waals surface area contributed by atoms with Crippen molar-refractivity contribution >= 4 is 33.2 Å². The average Bonchev–Trinajstić information content (AvgIpc) is 2.91. The number of amides is 1. The Morgan fingerprint density at radius 1 is 1.65 bits per heavy atom. The van der Waals surface area contributed by atoms with E-state index in [9.17, 15) is 4.79 Å². The number of nitrogens with zero attached hydrogens (tertiary/aromatic N) is 1. The van der Waals surface area contributed by atoms with Gasteiger partial charge in [-0.3, -0.25) is 9.89 Å². The fraction of sp³-hybridized carbons (Fsp3) is 0.273. The molecule has 0 unspecified atom stereocenters. The number of aromatic amines is 1. The molecular weight excluding hydrogens is 302 g/mol. The summed E-state index contributed by atoms with van der Waals surface area (Å²) in [6.07, 6.45) is 2.46. The highest BCUT2D eigenvalue weighted by Crippen LogP contribution is 2.27. The van der Waals surface area contributed by atoms with Crippen LogP contribution in [0.25, 0.3) is 0 Å². The first kappa shape index (κ1) is 12.3. The van der Waals surface area contributed by atoms with Crippen molar-refractivity contribution in [3.8, 4) is 0 Å². The van der Waals surface area contributed by atoms with Crippen LogP contribution in [0, 0.1) is 6.92 Å². The predicted octanol–water partition coefficient (Wildman–Crippen LogP) is 2.51. The summed E-state index contributed by atoms with van der Waals surface area (Å²) in [5.74, 6) is -0.0329. The van der Waals surface area contributed by atoms with Gasteiger partial charge in [0.05, 0.1) is 0 Å². The lowest BCUT2D eigenvalue weighted by Gasteiger charge is -2.02. The Bertz CT molecular complexity index is 507. The molecule has 0 aliphatic carbocycles. The van der Waals surface area contributed by atoms with E-state index in [0.717, 1.165) is 27.0 Å². The second-order valence-electron chi connectivity index (χ2n) is 3.65. The van der Waals surface area contributed by atoms with Gasteiger partial charge in [-0.25, -0.2) is 0 Å². The van der Waals surface area contributed by atoms with Crippen molar-refractivity contribution in [3.05, 3.63) is 38.3 Å². The summed E-state index contributed by atoms with van der Waals surface area (Å²) in [4.78, 5) is 12.6. The quantitative estimate of drug-likeness (QED) is 0.911. The molecule has 0 aliphatic heterocycles. The molecule has 0 aliphatic rings. The normalized spacial score (nSPS) is 10.5. The molecule has 6 heteroatoms. The molecule has 1 amide bonds. The topological polar surface area (TPSA) is 57.8 Å². The smallest absolute Gasteiger partial charge is 0.262 e. The van der Waals surface area contributed by atoms with Crippen LogP contribution in [-0.2, 0) is 6.42 Å². The van der Waals surface area contributed by atoms with Crippen molar-refractivity contribution in [3.63, 3.8) is 0 Å². The number of thiophene rings is 1. The van der Waals surface area contributed by atoms with Gasteiger partial charge in [0.15, 0.2) is 0 Å². The molecule has 0 radical (unpaired) electrons. The zero-order valence-corrected chi connectivity index (χ0v) is 11.7. The Balaban J connectivity index is 1.87. The molecule has 90 valence electrons. The summed E-state index contributed by atoms with van der Waals surface area (Å²) in [5, 5.41) is 11.6. The fourth-order valence-corrected chi connectivity index (χ4v) is 2.98. The van der Waals surface area contributed by atoms with Crippen molar-refractivity contribution in [2.24, 2.45) is 0 Å². The standard InChI is InChI=1S/C11H12BrN3OS/c1-7-6-17-10(9(7)12)11(16)13-4-2-8-3-5-14-15-8/h3,5-6H,2,4H2,1H3,(H,13,16)(H,14,15). The number of hydrogen-bond acceptors (Lipinski definition) is 3. The minimum Gasteiger partial charge on any atom is -0.351 e. The second kappa shape index (κ2) is 5.46. The van der Waals surface area contributed by atoms with Gasteiger partial charge in [-0.15, -0.1) is 11.3 Å². The van der Waals surface area contributed by atoms with Gasteiger partial charge in [0.2, 0.25) is 0 Å². The van der Waals surface area contributed by atoms with Gasteiger partial charge in [-0.05, 0) is 39.9 Å². The third-order valence-corrected chi connectivity index (χ3v) is 4.72. The maximum Gasteiger partial charge on any atom is 0.262 e. The number of halogens is 1. The molecule has 0 atom stereocenters. The van der Waals surface area contributed by atoms with E-state index in [1.165, 1.54) is 11.3 Å². The van der Waals surface area contributed by atoms with Gasteiger partial charge >= 0.3 is 0 Å². The lowest BCUT2D eigenvalue weighted by atomic mass is 10.3. The third-order valence-electron chi connectivity index (χ3n) is 2.34. The van der Waals surface area contributed by atoms with Gasteiger partial charge in [0, 0.05) is 29.3 Å². The lowest BCUT2D eigenvalue weighted by molar-refractivity contribution is 0.0957. The molecule has 2 aromatic heterocycles. The molecule has 0 saturated heterocycles. The highest BCUT2D eigenvalue weighted by atomic mass is 79.9. The van der Waals surface area contributed by atoms with Crippen LogP contribution in [0.5, 0.6) is 0 Å². The number of carbonyl (C=O) groups excluding carboxylic acids is 1. The van der Waals surface area contributed by atoms with Crippen molar-refractivity contribution in [1.29, 1.82) is 0 Å². The average molecular weight is 314 g/mol. The zero-order valence-electron chi connectivity index (χ0n) is 9.29. The van der Waals surface area contributed by atoms with Crippen LogP contribution < -0.4 is 5.32 Å². The second-order valence-corrected chi connectivity index (χ2v) is 5.32. The first-order chi connectivity index (χ1) is 8.18. The van der Waals surface area contributed by atoms with Gasteiger partial charge in [-0.2, -0.15) is 5.10 Å². The predicted molar refractivity (Wildman–Crippen MR) is 71.4 cm³/mol. The van der Waals surface area contributed by atoms with E-state index in [-0.39, 0.29) is 5.91 Å². The van der Waals surface area contributed by atoms with Crippen LogP contribution in [0.15, 0.2) is 22.1 Å². The number of aromatic nitrogens is 2. The van der Waals surface area contributed by atoms with Gasteiger partial charge in [0.1, 0.15) is 4.88 Å².